The first-order valence-electron chi connectivity index (χ1n) is 5.43. The number of carbonyl (C=O) groups excluding carboxylic acids is 1. The summed E-state index contributed by atoms with van der Waals surface area (Å²) in [6, 6.07) is -0.0498. The number of hydrogen-bond donors (Lipinski definition) is 3. The lowest BCUT2D eigenvalue weighted by Crippen LogP contribution is -2.45. The van der Waals surface area contributed by atoms with Gasteiger partial charge in [0.15, 0.2) is 0 Å². The molecule has 1 heterocycles. The summed E-state index contributed by atoms with van der Waals surface area (Å²) in [7, 11) is 0. The molecule has 6 heteroatoms. The largest absolute Gasteiger partial charge is 0.481 e. The average Bonchev–Trinajstić information content (AvgIpc) is 2.69. The van der Waals surface area contributed by atoms with Crippen LogP contribution < -0.4 is 10.6 Å². The molecule has 0 bridgehead atoms. The molecule has 2 unspecified atom stereocenters. The maximum Gasteiger partial charge on any atom is 0.303 e. The molecule has 0 radical (unpaired) electrons. The number of carboxylic acid groups (broad SMARTS) is 1. The number of thioether (sulfide) groups is 1. The SMILES string of the molecule is CC(CCCC(=O)O)NC(=O)C1CSCN1. The van der Waals surface area contributed by atoms with Crippen molar-refractivity contribution in [2.24, 2.45) is 0 Å². The van der Waals surface area contributed by atoms with Crippen LogP contribution in [0.3, 0.4) is 0 Å². The minimum atomic E-state index is -0.785. The van der Waals surface area contributed by atoms with Crippen LogP contribution in [-0.2, 0) is 9.59 Å². The Morgan fingerprint density at radius 3 is 2.94 bits per heavy atom. The van der Waals surface area contributed by atoms with E-state index in [-0.39, 0.29) is 24.4 Å². The van der Waals surface area contributed by atoms with Crippen LogP contribution in [0.25, 0.3) is 0 Å². The standard InChI is InChI=1S/C10H18N2O3S/c1-7(3-2-4-9(13)14)12-10(15)8-5-16-6-11-8/h7-8,11H,2-6H2,1H3,(H,12,15)(H,13,14). The van der Waals surface area contributed by atoms with E-state index in [1.165, 1.54) is 0 Å². The molecule has 92 valence electrons. The molecule has 0 aromatic heterocycles. The Balaban J connectivity index is 2.14. The van der Waals surface area contributed by atoms with Gasteiger partial charge in [-0.3, -0.25) is 14.9 Å². The molecule has 1 aliphatic rings. The molecule has 1 amide bonds. The second-order valence-electron chi connectivity index (χ2n) is 3.97. The highest BCUT2D eigenvalue weighted by molar-refractivity contribution is 7.99. The van der Waals surface area contributed by atoms with E-state index >= 15 is 0 Å². The van der Waals surface area contributed by atoms with Crippen LogP contribution in [0.1, 0.15) is 26.2 Å². The van der Waals surface area contributed by atoms with E-state index < -0.39 is 5.97 Å². The quantitative estimate of drug-likeness (QED) is 0.632. The van der Waals surface area contributed by atoms with Gasteiger partial charge in [0.25, 0.3) is 0 Å². The molecule has 3 N–H and O–H groups in total. The van der Waals surface area contributed by atoms with Crippen molar-refractivity contribution in [3.63, 3.8) is 0 Å². The normalized spacial score (nSPS) is 21.7. The molecular weight excluding hydrogens is 228 g/mol. The minimum Gasteiger partial charge on any atom is -0.481 e. The predicted molar refractivity (Wildman–Crippen MR) is 63.3 cm³/mol. The maximum absolute atomic E-state index is 11.6. The van der Waals surface area contributed by atoms with E-state index in [1.54, 1.807) is 11.8 Å². The first-order chi connectivity index (χ1) is 7.59. The maximum atomic E-state index is 11.6. The Morgan fingerprint density at radius 1 is 1.62 bits per heavy atom. The van der Waals surface area contributed by atoms with Gasteiger partial charge in [-0.05, 0) is 19.8 Å². The highest BCUT2D eigenvalue weighted by atomic mass is 32.2. The van der Waals surface area contributed by atoms with Gasteiger partial charge in [-0.1, -0.05) is 0 Å². The van der Waals surface area contributed by atoms with Gasteiger partial charge in [-0.2, -0.15) is 0 Å². The zero-order valence-corrected chi connectivity index (χ0v) is 10.2. The number of rotatable bonds is 6. The highest BCUT2D eigenvalue weighted by Crippen LogP contribution is 2.10. The molecule has 16 heavy (non-hydrogen) atoms. The average molecular weight is 246 g/mol. The van der Waals surface area contributed by atoms with Crippen LogP contribution in [0, 0.1) is 0 Å². The Hall–Kier alpha value is -0.750. The molecule has 2 atom stereocenters. The van der Waals surface area contributed by atoms with Gasteiger partial charge in [-0.25, -0.2) is 0 Å². The summed E-state index contributed by atoms with van der Waals surface area (Å²) < 4.78 is 0. The van der Waals surface area contributed by atoms with Crippen molar-refractivity contribution in [2.75, 3.05) is 11.6 Å². The van der Waals surface area contributed by atoms with Gasteiger partial charge >= 0.3 is 5.97 Å². The number of carbonyl (C=O) groups is 2. The van der Waals surface area contributed by atoms with Gasteiger partial charge in [0.2, 0.25) is 5.91 Å². The Labute approximate surface area is 99.4 Å². The van der Waals surface area contributed by atoms with E-state index in [9.17, 15) is 9.59 Å². The lowest BCUT2D eigenvalue weighted by atomic mass is 10.1. The Morgan fingerprint density at radius 2 is 2.38 bits per heavy atom. The summed E-state index contributed by atoms with van der Waals surface area (Å²) in [5.41, 5.74) is 0. The van der Waals surface area contributed by atoms with Gasteiger partial charge in [0.1, 0.15) is 0 Å². The highest BCUT2D eigenvalue weighted by Gasteiger charge is 2.23. The number of carboxylic acids is 1. The van der Waals surface area contributed by atoms with Crippen LogP contribution in [0.5, 0.6) is 0 Å². The lowest BCUT2D eigenvalue weighted by Gasteiger charge is -2.16. The zero-order chi connectivity index (χ0) is 12.0. The number of hydrogen-bond acceptors (Lipinski definition) is 4. The van der Waals surface area contributed by atoms with Crippen molar-refractivity contribution in [3.8, 4) is 0 Å². The van der Waals surface area contributed by atoms with Gasteiger partial charge in [0, 0.05) is 24.1 Å². The Bertz CT molecular complexity index is 254. The van der Waals surface area contributed by atoms with Gasteiger partial charge in [-0.15, -0.1) is 11.8 Å². The molecule has 5 nitrogen and oxygen atoms in total. The van der Waals surface area contributed by atoms with E-state index in [0.29, 0.717) is 12.8 Å². The molecule has 1 rings (SSSR count). The number of nitrogens with one attached hydrogen (secondary N) is 2. The molecule has 0 aliphatic carbocycles. The third kappa shape index (κ3) is 4.85. The van der Waals surface area contributed by atoms with E-state index in [1.807, 2.05) is 6.92 Å². The fourth-order valence-electron chi connectivity index (χ4n) is 1.54. The minimum absolute atomic E-state index is 0.0211. The van der Waals surface area contributed by atoms with Crippen LogP contribution >= 0.6 is 11.8 Å². The molecular formula is C10H18N2O3S. The molecule has 0 aromatic rings. The predicted octanol–water partition coefficient (Wildman–Crippen LogP) is 0.408. The summed E-state index contributed by atoms with van der Waals surface area (Å²) in [5.74, 6) is 0.874. The van der Waals surface area contributed by atoms with Crippen molar-refractivity contribution in [2.45, 2.75) is 38.3 Å². The first-order valence-corrected chi connectivity index (χ1v) is 6.58. The first kappa shape index (κ1) is 13.3. The van der Waals surface area contributed by atoms with Crippen molar-refractivity contribution >= 4 is 23.6 Å². The lowest BCUT2D eigenvalue weighted by molar-refractivity contribution is -0.137. The summed E-state index contributed by atoms with van der Waals surface area (Å²) in [6.45, 7) is 1.90. The van der Waals surface area contributed by atoms with Crippen LogP contribution in [0.4, 0.5) is 0 Å². The topological polar surface area (TPSA) is 78.4 Å². The van der Waals surface area contributed by atoms with Crippen LogP contribution in [-0.4, -0.2) is 40.7 Å². The fraction of sp³-hybridized carbons (Fsp3) is 0.800. The summed E-state index contributed by atoms with van der Waals surface area (Å²) in [5, 5.41) is 14.5. The number of amides is 1. The van der Waals surface area contributed by atoms with E-state index in [4.69, 9.17) is 5.11 Å². The van der Waals surface area contributed by atoms with E-state index in [2.05, 4.69) is 10.6 Å². The van der Waals surface area contributed by atoms with Gasteiger partial charge in [0.05, 0.1) is 6.04 Å². The molecule has 0 aromatic carbocycles. The second kappa shape index (κ2) is 6.75. The molecule has 0 saturated carbocycles. The summed E-state index contributed by atoms with van der Waals surface area (Å²) in [4.78, 5) is 22.0. The van der Waals surface area contributed by atoms with Gasteiger partial charge < -0.3 is 10.4 Å². The molecule has 1 saturated heterocycles. The molecule has 0 spiro atoms. The summed E-state index contributed by atoms with van der Waals surface area (Å²) >= 11 is 1.71. The van der Waals surface area contributed by atoms with Crippen LogP contribution in [0.15, 0.2) is 0 Å². The third-order valence-electron chi connectivity index (χ3n) is 2.45. The molecule has 1 fully saturated rings. The monoisotopic (exact) mass is 246 g/mol. The third-order valence-corrected chi connectivity index (χ3v) is 3.39. The van der Waals surface area contributed by atoms with Crippen molar-refractivity contribution in [3.05, 3.63) is 0 Å². The molecule has 1 aliphatic heterocycles. The zero-order valence-electron chi connectivity index (χ0n) is 9.36. The number of aliphatic carboxylic acids is 1. The van der Waals surface area contributed by atoms with E-state index in [0.717, 1.165) is 11.6 Å². The van der Waals surface area contributed by atoms with Crippen molar-refractivity contribution in [1.82, 2.24) is 10.6 Å². The van der Waals surface area contributed by atoms with Crippen molar-refractivity contribution < 1.29 is 14.7 Å². The summed E-state index contributed by atoms with van der Waals surface area (Å²) in [6.07, 6.45) is 1.47. The Kier molecular flexibility index (Phi) is 5.62. The smallest absolute Gasteiger partial charge is 0.303 e. The van der Waals surface area contributed by atoms with Crippen molar-refractivity contribution in [1.29, 1.82) is 0 Å². The van der Waals surface area contributed by atoms with Crippen LogP contribution in [0.2, 0.25) is 0 Å². The fourth-order valence-corrected chi connectivity index (χ4v) is 2.48. The second-order valence-corrected chi connectivity index (χ2v) is 5.00.